The Morgan fingerprint density at radius 2 is 1.10 bits per heavy atom. The number of benzene rings is 2. The van der Waals surface area contributed by atoms with E-state index in [1.54, 1.807) is 24.3 Å². The standard InChI is InChI=1S/C22H20O8/c23-17(24)7-3-11-29-15-9-10-16(30-12-4-8-18(25)26)20-19(15)21(27)13-5-1-2-6-14(13)22(20)28/h1-2,5-6,9-10H,3-4,7-8,11-12H2,(H,23,24)(H,25,26). The van der Waals surface area contributed by atoms with Gasteiger partial charge in [0.05, 0.1) is 24.3 Å². The zero-order valence-electron chi connectivity index (χ0n) is 16.1. The average Bonchev–Trinajstić information content (AvgIpc) is 2.72. The van der Waals surface area contributed by atoms with Crippen molar-refractivity contribution in [2.24, 2.45) is 0 Å². The van der Waals surface area contributed by atoms with Crippen molar-refractivity contribution < 1.29 is 38.9 Å². The van der Waals surface area contributed by atoms with E-state index >= 15 is 0 Å². The molecule has 0 bridgehead atoms. The lowest BCUT2D eigenvalue weighted by Gasteiger charge is -2.22. The summed E-state index contributed by atoms with van der Waals surface area (Å²) in [6.45, 7) is 0.140. The maximum Gasteiger partial charge on any atom is 0.303 e. The maximum atomic E-state index is 13.1. The van der Waals surface area contributed by atoms with Crippen LogP contribution in [0.25, 0.3) is 0 Å². The fourth-order valence-electron chi connectivity index (χ4n) is 3.22. The highest BCUT2D eigenvalue weighted by Crippen LogP contribution is 2.38. The van der Waals surface area contributed by atoms with Crippen molar-refractivity contribution in [1.29, 1.82) is 0 Å². The molecule has 0 aliphatic heterocycles. The number of carboxylic acids is 2. The molecule has 0 radical (unpaired) electrons. The van der Waals surface area contributed by atoms with Crippen LogP contribution in [0.1, 0.15) is 57.5 Å². The van der Waals surface area contributed by atoms with Crippen LogP contribution < -0.4 is 9.47 Å². The van der Waals surface area contributed by atoms with Gasteiger partial charge in [-0.3, -0.25) is 19.2 Å². The van der Waals surface area contributed by atoms with Crippen LogP contribution in [0, 0.1) is 0 Å². The first kappa shape index (κ1) is 21.0. The number of carbonyl (C=O) groups excluding carboxylic acids is 2. The van der Waals surface area contributed by atoms with Gasteiger partial charge in [-0.1, -0.05) is 24.3 Å². The lowest BCUT2D eigenvalue weighted by Crippen LogP contribution is -2.23. The summed E-state index contributed by atoms with van der Waals surface area (Å²) < 4.78 is 11.3. The molecular weight excluding hydrogens is 392 g/mol. The van der Waals surface area contributed by atoms with Crippen LogP contribution in [0.4, 0.5) is 0 Å². The monoisotopic (exact) mass is 412 g/mol. The number of ketones is 2. The summed E-state index contributed by atoms with van der Waals surface area (Å²) in [5.41, 5.74) is 0.663. The Kier molecular flexibility index (Phi) is 6.46. The summed E-state index contributed by atoms with van der Waals surface area (Å²) in [5.74, 6) is -2.31. The van der Waals surface area contributed by atoms with E-state index in [-0.39, 0.29) is 84.2 Å². The van der Waals surface area contributed by atoms with Crippen molar-refractivity contribution in [1.82, 2.24) is 0 Å². The summed E-state index contributed by atoms with van der Waals surface area (Å²) in [5, 5.41) is 17.5. The minimum absolute atomic E-state index is 0.0701. The molecule has 2 N–H and O–H groups in total. The first-order chi connectivity index (χ1) is 14.4. The first-order valence-corrected chi connectivity index (χ1v) is 9.44. The highest BCUT2D eigenvalue weighted by molar-refractivity contribution is 6.30. The number of carboxylic acid groups (broad SMARTS) is 2. The van der Waals surface area contributed by atoms with Gasteiger partial charge >= 0.3 is 11.9 Å². The fraction of sp³-hybridized carbons (Fsp3) is 0.273. The topological polar surface area (TPSA) is 127 Å². The molecule has 8 heteroatoms. The summed E-state index contributed by atoms with van der Waals surface area (Å²) >= 11 is 0. The molecule has 0 aromatic heterocycles. The Labute approximate surface area is 172 Å². The molecule has 0 saturated heterocycles. The van der Waals surface area contributed by atoms with Gasteiger partial charge in [0, 0.05) is 24.0 Å². The van der Waals surface area contributed by atoms with Gasteiger partial charge in [-0.15, -0.1) is 0 Å². The predicted molar refractivity (Wildman–Crippen MR) is 104 cm³/mol. The number of hydrogen-bond donors (Lipinski definition) is 2. The molecule has 0 saturated carbocycles. The normalized spacial score (nSPS) is 12.1. The molecule has 2 aromatic rings. The minimum Gasteiger partial charge on any atom is -0.493 e. The number of ether oxygens (including phenoxy) is 2. The third kappa shape index (κ3) is 4.48. The van der Waals surface area contributed by atoms with Crippen LogP contribution in [-0.4, -0.2) is 46.9 Å². The summed E-state index contributed by atoms with van der Waals surface area (Å²) in [4.78, 5) is 47.6. The third-order valence-corrected chi connectivity index (χ3v) is 4.58. The van der Waals surface area contributed by atoms with Crippen LogP contribution in [-0.2, 0) is 9.59 Å². The Morgan fingerprint density at radius 1 is 0.700 bits per heavy atom. The number of aliphatic carboxylic acids is 2. The lowest BCUT2D eigenvalue weighted by molar-refractivity contribution is -0.138. The van der Waals surface area contributed by atoms with Crippen LogP contribution in [0.3, 0.4) is 0 Å². The van der Waals surface area contributed by atoms with Crippen molar-refractivity contribution in [3.63, 3.8) is 0 Å². The molecule has 0 amide bonds. The second-order valence-corrected chi connectivity index (χ2v) is 6.71. The Balaban J connectivity index is 1.93. The van der Waals surface area contributed by atoms with E-state index in [9.17, 15) is 19.2 Å². The molecule has 2 aromatic carbocycles. The summed E-state index contributed by atoms with van der Waals surface area (Å²) in [6, 6.07) is 9.46. The Bertz CT molecular complexity index is 928. The van der Waals surface area contributed by atoms with Gasteiger partial charge in [0.2, 0.25) is 0 Å². The molecule has 3 rings (SSSR count). The maximum absolute atomic E-state index is 13.1. The molecule has 0 heterocycles. The number of hydrogen-bond acceptors (Lipinski definition) is 6. The van der Waals surface area contributed by atoms with Crippen molar-refractivity contribution in [2.45, 2.75) is 25.7 Å². The minimum atomic E-state index is -0.953. The average molecular weight is 412 g/mol. The molecular formula is C22H20O8. The van der Waals surface area contributed by atoms with Gasteiger partial charge in [0.15, 0.2) is 11.6 Å². The van der Waals surface area contributed by atoms with E-state index in [1.807, 2.05) is 0 Å². The van der Waals surface area contributed by atoms with Crippen molar-refractivity contribution >= 4 is 23.5 Å². The van der Waals surface area contributed by atoms with Gasteiger partial charge in [-0.25, -0.2) is 0 Å². The molecule has 1 aliphatic rings. The zero-order chi connectivity index (χ0) is 21.7. The van der Waals surface area contributed by atoms with Gasteiger partial charge in [-0.2, -0.15) is 0 Å². The van der Waals surface area contributed by atoms with E-state index in [0.29, 0.717) is 0 Å². The van der Waals surface area contributed by atoms with E-state index in [0.717, 1.165) is 0 Å². The van der Waals surface area contributed by atoms with E-state index in [1.165, 1.54) is 12.1 Å². The highest BCUT2D eigenvalue weighted by atomic mass is 16.5. The molecule has 8 nitrogen and oxygen atoms in total. The van der Waals surface area contributed by atoms with Gasteiger partial charge < -0.3 is 19.7 Å². The molecule has 30 heavy (non-hydrogen) atoms. The smallest absolute Gasteiger partial charge is 0.303 e. The van der Waals surface area contributed by atoms with Crippen molar-refractivity contribution in [2.75, 3.05) is 13.2 Å². The molecule has 0 unspecified atom stereocenters. The van der Waals surface area contributed by atoms with Crippen molar-refractivity contribution in [3.05, 3.63) is 58.7 Å². The van der Waals surface area contributed by atoms with E-state index < -0.39 is 11.9 Å². The Morgan fingerprint density at radius 3 is 1.47 bits per heavy atom. The second kappa shape index (κ2) is 9.21. The largest absolute Gasteiger partial charge is 0.493 e. The molecule has 0 atom stereocenters. The first-order valence-electron chi connectivity index (χ1n) is 9.44. The SMILES string of the molecule is O=C(O)CCCOc1ccc(OCCCC(=O)O)c2c1C(=O)c1ccccc1C2=O. The predicted octanol–water partition coefficient (Wildman–Crippen LogP) is 2.95. The number of rotatable bonds is 10. The summed E-state index contributed by atoms with van der Waals surface area (Å²) in [7, 11) is 0. The van der Waals surface area contributed by atoms with Crippen LogP contribution in [0.2, 0.25) is 0 Å². The number of carbonyl (C=O) groups is 4. The third-order valence-electron chi connectivity index (χ3n) is 4.58. The molecule has 1 aliphatic carbocycles. The van der Waals surface area contributed by atoms with Gasteiger partial charge in [0.1, 0.15) is 11.5 Å². The molecule has 0 fully saturated rings. The van der Waals surface area contributed by atoms with Crippen molar-refractivity contribution in [3.8, 4) is 11.5 Å². The summed E-state index contributed by atoms with van der Waals surface area (Å²) in [6.07, 6.45) is 0.331. The van der Waals surface area contributed by atoms with Crippen LogP contribution in [0.5, 0.6) is 11.5 Å². The van der Waals surface area contributed by atoms with Crippen LogP contribution in [0.15, 0.2) is 36.4 Å². The van der Waals surface area contributed by atoms with Gasteiger partial charge in [-0.05, 0) is 25.0 Å². The van der Waals surface area contributed by atoms with Crippen LogP contribution >= 0.6 is 0 Å². The quantitative estimate of drug-likeness (QED) is 0.487. The fourth-order valence-corrected chi connectivity index (χ4v) is 3.22. The molecule has 0 spiro atoms. The van der Waals surface area contributed by atoms with Gasteiger partial charge in [0.25, 0.3) is 0 Å². The Hall–Kier alpha value is -3.68. The van der Waals surface area contributed by atoms with E-state index in [4.69, 9.17) is 19.7 Å². The number of fused-ring (bicyclic) bond motifs is 2. The highest BCUT2D eigenvalue weighted by Gasteiger charge is 2.35. The molecule has 156 valence electrons. The van der Waals surface area contributed by atoms with E-state index in [2.05, 4.69) is 0 Å². The second-order valence-electron chi connectivity index (χ2n) is 6.71. The lowest BCUT2D eigenvalue weighted by atomic mass is 9.83. The zero-order valence-corrected chi connectivity index (χ0v) is 16.1.